The van der Waals surface area contributed by atoms with E-state index in [0.717, 1.165) is 28.9 Å². The summed E-state index contributed by atoms with van der Waals surface area (Å²) in [6, 6.07) is 19.7. The smallest absolute Gasteiger partial charge is 0.322 e. The average Bonchev–Trinajstić information content (AvgIpc) is 3.47. The lowest BCUT2D eigenvalue weighted by Crippen LogP contribution is -2.61. The molecule has 0 saturated carbocycles. The Morgan fingerprint density at radius 2 is 1.91 bits per heavy atom. The summed E-state index contributed by atoms with van der Waals surface area (Å²) in [5, 5.41) is 1.68. The Hall–Kier alpha value is -3.78. The van der Waals surface area contributed by atoms with Crippen LogP contribution in [0.25, 0.3) is 11.1 Å². The summed E-state index contributed by atoms with van der Waals surface area (Å²) < 4.78 is 11.3. The zero-order valence-electron chi connectivity index (χ0n) is 18.6. The van der Waals surface area contributed by atoms with E-state index in [4.69, 9.17) is 24.7 Å². The van der Waals surface area contributed by atoms with Crippen molar-refractivity contribution in [2.45, 2.75) is 25.0 Å². The number of furan rings is 1. The van der Waals surface area contributed by atoms with Crippen LogP contribution in [-0.4, -0.2) is 48.3 Å². The highest BCUT2D eigenvalue weighted by molar-refractivity contribution is 5.83. The predicted octanol–water partition coefficient (Wildman–Crippen LogP) is 3.34. The summed E-state index contributed by atoms with van der Waals surface area (Å²) >= 11 is 0. The number of fused-ring (bicyclic) bond motifs is 1. The van der Waals surface area contributed by atoms with Crippen molar-refractivity contribution < 1.29 is 18.8 Å². The normalized spacial score (nSPS) is 22.5. The second-order valence-corrected chi connectivity index (χ2v) is 8.17. The van der Waals surface area contributed by atoms with Crippen molar-refractivity contribution in [1.82, 2.24) is 9.96 Å². The fraction of sp³-hybridized carbons (Fsp3) is 0.280. The largest absolute Gasteiger partial charge is 0.497 e. The lowest BCUT2D eigenvalue weighted by Gasteiger charge is -2.44. The standard InChI is InChI=1S/C25H26N4O4/c1-17(30)33-29-13-6-12-28-23(29)25(27-24(28)26,22-11-5-14-32-22)20-9-3-7-18(15-20)19-8-4-10-21(16-19)31-2/h3-5,7-11,14-16,23H,6,12-13H2,1-2H3,(H2,26,27). The van der Waals surface area contributed by atoms with E-state index in [-0.39, 0.29) is 5.97 Å². The fourth-order valence-electron chi connectivity index (χ4n) is 4.81. The van der Waals surface area contributed by atoms with Crippen LogP contribution in [0.1, 0.15) is 24.7 Å². The lowest BCUT2D eigenvalue weighted by atomic mass is 9.82. The van der Waals surface area contributed by atoms with Gasteiger partial charge in [-0.25, -0.2) is 4.99 Å². The van der Waals surface area contributed by atoms with E-state index in [1.54, 1.807) is 18.4 Å². The highest BCUT2D eigenvalue weighted by atomic mass is 16.7. The average molecular weight is 447 g/mol. The molecule has 0 spiro atoms. The first-order valence-electron chi connectivity index (χ1n) is 10.9. The van der Waals surface area contributed by atoms with Crippen LogP contribution in [0.15, 0.2) is 76.3 Å². The van der Waals surface area contributed by atoms with Crippen molar-refractivity contribution in [3.05, 3.63) is 78.3 Å². The summed E-state index contributed by atoms with van der Waals surface area (Å²) in [7, 11) is 1.65. The number of carbonyl (C=O) groups excluding carboxylic acids is 1. The SMILES string of the molecule is COc1cccc(-c2cccc(C3(c4ccco4)N=C(N)N4CCCN(OC(C)=O)C43)c2)c1. The van der Waals surface area contributed by atoms with Crippen molar-refractivity contribution in [3.63, 3.8) is 0 Å². The Morgan fingerprint density at radius 1 is 1.12 bits per heavy atom. The van der Waals surface area contributed by atoms with Crippen molar-refractivity contribution in [2.75, 3.05) is 20.2 Å². The maximum Gasteiger partial charge on any atom is 0.322 e. The molecule has 1 saturated heterocycles. The van der Waals surface area contributed by atoms with Gasteiger partial charge in [0.2, 0.25) is 0 Å². The number of guanidine groups is 1. The number of hydrogen-bond donors (Lipinski definition) is 1. The Balaban J connectivity index is 1.69. The number of carbonyl (C=O) groups is 1. The van der Waals surface area contributed by atoms with Crippen LogP contribution >= 0.6 is 0 Å². The molecule has 3 heterocycles. The number of rotatable bonds is 5. The van der Waals surface area contributed by atoms with Crippen LogP contribution in [0.5, 0.6) is 5.75 Å². The number of hydrogen-bond acceptors (Lipinski definition) is 8. The Morgan fingerprint density at radius 3 is 2.64 bits per heavy atom. The second-order valence-electron chi connectivity index (χ2n) is 8.17. The molecule has 8 heteroatoms. The maximum atomic E-state index is 11.9. The molecule has 2 aliphatic heterocycles. The van der Waals surface area contributed by atoms with Gasteiger partial charge in [0.1, 0.15) is 11.5 Å². The monoisotopic (exact) mass is 446 g/mol. The van der Waals surface area contributed by atoms with E-state index in [1.165, 1.54) is 6.92 Å². The molecule has 1 aromatic heterocycles. The quantitative estimate of drug-likeness (QED) is 0.642. The van der Waals surface area contributed by atoms with Crippen molar-refractivity contribution in [3.8, 4) is 16.9 Å². The molecule has 2 aromatic carbocycles. The van der Waals surface area contributed by atoms with Gasteiger partial charge in [0, 0.05) is 20.0 Å². The van der Waals surface area contributed by atoms with Crippen LogP contribution in [0.4, 0.5) is 0 Å². The molecule has 2 aliphatic rings. The third kappa shape index (κ3) is 3.52. The molecule has 2 unspecified atom stereocenters. The minimum Gasteiger partial charge on any atom is -0.497 e. The molecule has 0 amide bonds. The van der Waals surface area contributed by atoms with Crippen molar-refractivity contribution in [1.29, 1.82) is 0 Å². The van der Waals surface area contributed by atoms with E-state index in [0.29, 0.717) is 24.8 Å². The minimum atomic E-state index is -1.02. The lowest BCUT2D eigenvalue weighted by molar-refractivity contribution is -0.227. The first kappa shape index (κ1) is 21.1. The van der Waals surface area contributed by atoms with Gasteiger partial charge >= 0.3 is 5.97 Å². The fourth-order valence-corrected chi connectivity index (χ4v) is 4.81. The van der Waals surface area contributed by atoms with Crippen LogP contribution in [0.2, 0.25) is 0 Å². The van der Waals surface area contributed by atoms with E-state index in [1.807, 2.05) is 59.5 Å². The van der Waals surface area contributed by atoms with Gasteiger partial charge in [-0.3, -0.25) is 4.79 Å². The number of hydroxylamine groups is 2. The third-order valence-corrected chi connectivity index (χ3v) is 6.15. The van der Waals surface area contributed by atoms with E-state index in [9.17, 15) is 4.79 Å². The molecule has 8 nitrogen and oxygen atoms in total. The topological polar surface area (TPSA) is 93.5 Å². The molecule has 0 bridgehead atoms. The first-order valence-corrected chi connectivity index (χ1v) is 10.9. The minimum absolute atomic E-state index is 0.388. The predicted molar refractivity (Wildman–Crippen MR) is 123 cm³/mol. The maximum absolute atomic E-state index is 11.9. The number of nitrogens with two attached hydrogens (primary N) is 1. The van der Waals surface area contributed by atoms with E-state index < -0.39 is 11.7 Å². The number of aliphatic imine (C=N–C) groups is 1. The number of ether oxygens (including phenoxy) is 1. The van der Waals surface area contributed by atoms with Gasteiger partial charge in [0.05, 0.1) is 13.4 Å². The number of methoxy groups -OCH3 is 1. The molecule has 170 valence electrons. The molecule has 2 N–H and O–H groups in total. The molecule has 0 aliphatic carbocycles. The molecule has 3 aromatic rings. The number of nitrogens with zero attached hydrogens (tertiary/aromatic N) is 3. The summed E-state index contributed by atoms with van der Waals surface area (Å²) in [5.41, 5.74) is 8.32. The highest BCUT2D eigenvalue weighted by Gasteiger charge is 2.57. The molecule has 5 rings (SSSR count). The van der Waals surface area contributed by atoms with Gasteiger partial charge < -0.3 is 24.6 Å². The van der Waals surface area contributed by atoms with Gasteiger partial charge in [-0.1, -0.05) is 30.3 Å². The molecule has 33 heavy (non-hydrogen) atoms. The molecular weight excluding hydrogens is 420 g/mol. The van der Waals surface area contributed by atoms with E-state index in [2.05, 4.69) is 6.07 Å². The summed E-state index contributed by atoms with van der Waals surface area (Å²) in [5.74, 6) is 1.40. The summed E-state index contributed by atoms with van der Waals surface area (Å²) in [6.45, 7) is 2.67. The zero-order chi connectivity index (χ0) is 23.0. The first-order chi connectivity index (χ1) is 16.0. The molecular formula is C25H26N4O4. The molecule has 2 atom stereocenters. The van der Waals surface area contributed by atoms with Crippen LogP contribution in [-0.2, 0) is 15.2 Å². The molecule has 0 radical (unpaired) electrons. The third-order valence-electron chi connectivity index (χ3n) is 6.15. The van der Waals surface area contributed by atoms with Crippen molar-refractivity contribution >= 4 is 11.9 Å². The van der Waals surface area contributed by atoms with Gasteiger partial charge in [0.25, 0.3) is 0 Å². The summed E-state index contributed by atoms with van der Waals surface area (Å²) in [6.07, 6.45) is 1.94. The van der Waals surface area contributed by atoms with Crippen LogP contribution in [0.3, 0.4) is 0 Å². The molecule has 1 fully saturated rings. The number of benzene rings is 2. The van der Waals surface area contributed by atoms with Crippen molar-refractivity contribution in [2.24, 2.45) is 10.7 Å². The van der Waals surface area contributed by atoms with Gasteiger partial charge in [-0.15, -0.1) is 5.06 Å². The van der Waals surface area contributed by atoms with Gasteiger partial charge in [-0.2, -0.15) is 0 Å². The van der Waals surface area contributed by atoms with Gasteiger partial charge in [-0.05, 0) is 53.4 Å². The van der Waals surface area contributed by atoms with E-state index >= 15 is 0 Å². The summed E-state index contributed by atoms with van der Waals surface area (Å²) in [4.78, 5) is 24.5. The van der Waals surface area contributed by atoms with Crippen LogP contribution in [0, 0.1) is 0 Å². The highest BCUT2D eigenvalue weighted by Crippen LogP contribution is 2.47. The Bertz CT molecular complexity index is 1190. The Kier molecular flexibility index (Phi) is 5.30. The van der Waals surface area contributed by atoms with Gasteiger partial charge in [0.15, 0.2) is 17.7 Å². The second kappa shape index (κ2) is 8.29. The Labute approximate surface area is 192 Å². The van der Waals surface area contributed by atoms with Crippen LogP contribution < -0.4 is 10.5 Å². The zero-order valence-corrected chi connectivity index (χ0v) is 18.6.